The Labute approximate surface area is 176 Å². The van der Waals surface area contributed by atoms with Gasteiger partial charge in [-0.3, -0.25) is 4.79 Å². The first-order chi connectivity index (χ1) is 13.2. The summed E-state index contributed by atoms with van der Waals surface area (Å²) in [7, 11) is -2.19. The largest absolute Gasteiger partial charge is 0.546 e. The summed E-state index contributed by atoms with van der Waals surface area (Å²) >= 11 is 0. The van der Waals surface area contributed by atoms with E-state index in [1.54, 1.807) is 0 Å². The maximum atomic E-state index is 13.3. The van der Waals surface area contributed by atoms with Gasteiger partial charge in [-0.2, -0.15) is 0 Å². The molecule has 1 aliphatic carbocycles. The molecular weight excluding hydrogens is 388 g/mol. The molecule has 1 saturated carbocycles. The zero-order valence-corrected chi connectivity index (χ0v) is 20.3. The lowest BCUT2D eigenvalue weighted by Gasteiger charge is -2.38. The van der Waals surface area contributed by atoms with E-state index in [9.17, 15) is 9.59 Å². The first-order valence-corrected chi connectivity index (χ1v) is 13.5. The maximum absolute atomic E-state index is 13.3. The van der Waals surface area contributed by atoms with Crippen LogP contribution >= 0.6 is 0 Å². The lowest BCUT2D eigenvalue weighted by atomic mass is 9.89. The average molecular weight is 427 g/mol. The highest BCUT2D eigenvalue weighted by Crippen LogP contribution is 2.57. The van der Waals surface area contributed by atoms with Gasteiger partial charge in [-0.25, -0.2) is 4.79 Å². The van der Waals surface area contributed by atoms with Gasteiger partial charge in [0, 0.05) is 18.4 Å². The number of esters is 2. The van der Waals surface area contributed by atoms with Crippen LogP contribution in [0.15, 0.2) is 12.3 Å². The van der Waals surface area contributed by atoms with E-state index in [0.29, 0.717) is 18.8 Å². The van der Waals surface area contributed by atoms with Crippen molar-refractivity contribution in [2.24, 2.45) is 10.8 Å². The van der Waals surface area contributed by atoms with E-state index in [0.717, 1.165) is 12.8 Å². The molecule has 1 aliphatic heterocycles. The van der Waals surface area contributed by atoms with E-state index in [1.165, 1.54) is 0 Å². The predicted molar refractivity (Wildman–Crippen MR) is 114 cm³/mol. The Bertz CT molecular complexity index is 663. The molecule has 1 heterocycles. The topological polar surface area (TPSA) is 71.1 Å². The number of ether oxygens (including phenoxy) is 3. The molecule has 0 aromatic heterocycles. The molecule has 0 spiro atoms. The Morgan fingerprint density at radius 3 is 2.41 bits per heavy atom. The van der Waals surface area contributed by atoms with Gasteiger partial charge in [0.15, 0.2) is 5.41 Å². The quantitative estimate of drug-likeness (QED) is 0.232. The third-order valence-corrected chi connectivity index (χ3v) is 10.9. The Morgan fingerprint density at radius 1 is 1.31 bits per heavy atom. The normalized spacial score (nSPS) is 28.6. The van der Waals surface area contributed by atoms with Gasteiger partial charge >= 0.3 is 11.9 Å². The van der Waals surface area contributed by atoms with Gasteiger partial charge in [-0.15, -0.1) is 0 Å². The van der Waals surface area contributed by atoms with Crippen molar-refractivity contribution in [3.63, 3.8) is 0 Å². The summed E-state index contributed by atoms with van der Waals surface area (Å²) in [5, 5.41) is -0.0360. The van der Waals surface area contributed by atoms with Gasteiger partial charge in [0.05, 0.1) is 11.9 Å². The summed E-state index contributed by atoms with van der Waals surface area (Å²) in [6.07, 6.45) is 1.13. The van der Waals surface area contributed by atoms with Gasteiger partial charge in [0.25, 0.3) is 0 Å². The smallest absolute Gasteiger partial charge is 0.348 e. The molecule has 0 radical (unpaired) electrons. The SMILES string of the molecule is C=C(O[Si](C)(C)C(C)(C)C)[C@]1(C(=O)O[C@H]2C(=O)OCC2(C)C)C[C@@H]1OCCCC. The second-order valence-electron chi connectivity index (χ2n) is 10.6. The second-order valence-corrected chi connectivity index (χ2v) is 15.3. The van der Waals surface area contributed by atoms with Crippen LogP contribution < -0.4 is 0 Å². The first kappa shape index (κ1) is 23.9. The standard InChI is InChI=1S/C22H38O6Si/c1-10-11-12-25-16-13-22(16,15(2)28-29(8,9)20(3,4)5)19(24)27-17-18(23)26-14-21(17,6)7/h16-17H,2,10-14H2,1,3-9H3/t16-,17-,22+/m0/s1. The third kappa shape index (κ3) is 4.71. The summed E-state index contributed by atoms with van der Waals surface area (Å²) in [4.78, 5) is 25.4. The minimum absolute atomic E-state index is 0.0360. The predicted octanol–water partition coefficient (Wildman–Crippen LogP) is 4.59. The first-order valence-electron chi connectivity index (χ1n) is 10.6. The number of hydrogen-bond donors (Lipinski definition) is 0. The van der Waals surface area contributed by atoms with Crippen LogP contribution in [-0.4, -0.2) is 45.7 Å². The number of cyclic esters (lactones) is 1. The fraction of sp³-hybridized carbons (Fsp3) is 0.818. The molecule has 29 heavy (non-hydrogen) atoms. The van der Waals surface area contributed by atoms with Gasteiger partial charge in [0.2, 0.25) is 14.4 Å². The molecule has 0 amide bonds. The van der Waals surface area contributed by atoms with Gasteiger partial charge in [0.1, 0.15) is 6.61 Å². The Morgan fingerprint density at radius 2 is 1.93 bits per heavy atom. The highest BCUT2D eigenvalue weighted by Gasteiger charge is 2.67. The van der Waals surface area contributed by atoms with Crippen molar-refractivity contribution in [1.82, 2.24) is 0 Å². The summed E-state index contributed by atoms with van der Waals surface area (Å²) in [6, 6.07) is 0. The van der Waals surface area contributed by atoms with Crippen molar-refractivity contribution in [3.8, 4) is 0 Å². The number of carbonyl (C=O) groups excluding carboxylic acids is 2. The summed E-state index contributed by atoms with van der Waals surface area (Å²) in [5.74, 6) is -0.599. The highest BCUT2D eigenvalue weighted by molar-refractivity contribution is 6.74. The van der Waals surface area contributed by atoms with E-state index < -0.39 is 37.2 Å². The van der Waals surface area contributed by atoms with Crippen LogP contribution in [0.5, 0.6) is 0 Å². The van der Waals surface area contributed by atoms with Crippen molar-refractivity contribution < 1.29 is 28.2 Å². The number of hydrogen-bond acceptors (Lipinski definition) is 6. The van der Waals surface area contributed by atoms with Crippen molar-refractivity contribution in [3.05, 3.63) is 12.3 Å². The van der Waals surface area contributed by atoms with E-state index >= 15 is 0 Å². The molecule has 0 aromatic rings. The lowest BCUT2D eigenvalue weighted by molar-refractivity contribution is -0.168. The van der Waals surface area contributed by atoms with Crippen molar-refractivity contribution in [2.75, 3.05) is 13.2 Å². The van der Waals surface area contributed by atoms with Crippen LogP contribution in [0, 0.1) is 10.8 Å². The minimum atomic E-state index is -2.19. The van der Waals surface area contributed by atoms with Crippen LogP contribution in [0.3, 0.4) is 0 Å². The van der Waals surface area contributed by atoms with Gasteiger partial charge in [-0.1, -0.05) is 54.5 Å². The molecule has 1 saturated heterocycles. The molecule has 0 N–H and O–H groups in total. The summed E-state index contributed by atoms with van der Waals surface area (Å²) < 4.78 is 23.1. The van der Waals surface area contributed by atoms with Gasteiger partial charge < -0.3 is 18.6 Å². The second kappa shape index (κ2) is 8.06. The van der Waals surface area contributed by atoms with Crippen LogP contribution in [0.25, 0.3) is 0 Å². The van der Waals surface area contributed by atoms with Crippen LogP contribution in [0.1, 0.15) is 60.8 Å². The zero-order valence-electron chi connectivity index (χ0n) is 19.3. The van der Waals surface area contributed by atoms with E-state index in [1.807, 2.05) is 13.8 Å². The van der Waals surface area contributed by atoms with E-state index in [-0.39, 0.29) is 17.7 Å². The average Bonchev–Trinajstić information content (AvgIpc) is 3.26. The Balaban J connectivity index is 2.22. The lowest BCUT2D eigenvalue weighted by Crippen LogP contribution is -2.44. The summed E-state index contributed by atoms with van der Waals surface area (Å²) in [6.45, 7) is 21.4. The van der Waals surface area contributed by atoms with Crippen molar-refractivity contribution in [2.45, 2.75) is 91.1 Å². The van der Waals surface area contributed by atoms with Crippen LogP contribution in [0.2, 0.25) is 18.1 Å². The van der Waals surface area contributed by atoms with Crippen molar-refractivity contribution in [1.29, 1.82) is 0 Å². The van der Waals surface area contributed by atoms with Crippen molar-refractivity contribution >= 4 is 20.3 Å². The molecule has 6 nitrogen and oxygen atoms in total. The molecule has 0 bridgehead atoms. The van der Waals surface area contributed by atoms with Crippen LogP contribution in [0.4, 0.5) is 0 Å². The molecule has 2 aliphatic rings. The highest BCUT2D eigenvalue weighted by atomic mass is 28.4. The zero-order chi connectivity index (χ0) is 22.3. The number of carbonyl (C=O) groups is 2. The fourth-order valence-electron chi connectivity index (χ4n) is 3.13. The number of unbranched alkanes of at least 4 members (excludes halogenated alkanes) is 1. The molecule has 2 fully saturated rings. The Hall–Kier alpha value is -1.34. The third-order valence-electron chi connectivity index (χ3n) is 6.50. The molecule has 0 unspecified atom stereocenters. The fourth-order valence-corrected chi connectivity index (χ4v) is 4.23. The summed E-state index contributed by atoms with van der Waals surface area (Å²) in [5.41, 5.74) is -1.62. The molecule has 166 valence electrons. The van der Waals surface area contributed by atoms with E-state index in [4.69, 9.17) is 18.6 Å². The molecule has 3 atom stereocenters. The Kier molecular flexibility index (Phi) is 6.65. The maximum Gasteiger partial charge on any atom is 0.348 e. The van der Waals surface area contributed by atoms with E-state index in [2.05, 4.69) is 47.4 Å². The van der Waals surface area contributed by atoms with Crippen LogP contribution in [-0.2, 0) is 28.2 Å². The minimum Gasteiger partial charge on any atom is -0.546 e. The molecule has 2 rings (SSSR count). The molecule has 0 aromatic carbocycles. The molecule has 7 heteroatoms. The van der Waals surface area contributed by atoms with Gasteiger partial charge in [-0.05, 0) is 24.6 Å². The molecular formula is C22H38O6Si. The monoisotopic (exact) mass is 426 g/mol. The number of rotatable bonds is 9.